The van der Waals surface area contributed by atoms with Crippen LogP contribution in [0.15, 0.2) is 48.5 Å². The van der Waals surface area contributed by atoms with Crippen LogP contribution in [0.25, 0.3) is 11.3 Å². The summed E-state index contributed by atoms with van der Waals surface area (Å²) in [6.07, 6.45) is 5.57. The molecule has 3 N–H and O–H groups in total. The molecule has 0 saturated heterocycles. The highest BCUT2D eigenvalue weighted by atomic mass is 16.3. The third-order valence-corrected chi connectivity index (χ3v) is 6.73. The zero-order valence-electron chi connectivity index (χ0n) is 17.1. The highest BCUT2D eigenvalue weighted by molar-refractivity contribution is 5.61. The van der Waals surface area contributed by atoms with Crippen LogP contribution >= 0.6 is 0 Å². The molecule has 2 atom stereocenters. The monoisotopic (exact) mass is 379 g/mol. The molecule has 4 nitrogen and oxygen atoms in total. The number of hydrogen-bond acceptors (Lipinski definition) is 4. The predicted octanol–water partition coefficient (Wildman–Crippen LogP) is 4.47. The average molecular weight is 380 g/mol. The third-order valence-electron chi connectivity index (χ3n) is 6.73. The van der Waals surface area contributed by atoms with Crippen molar-refractivity contribution in [3.63, 3.8) is 0 Å². The highest BCUT2D eigenvalue weighted by Crippen LogP contribution is 2.43. The van der Waals surface area contributed by atoms with E-state index < -0.39 is 0 Å². The minimum absolute atomic E-state index is 0.0170. The molecule has 2 aromatic rings. The second-order valence-corrected chi connectivity index (χ2v) is 8.93. The number of aliphatic hydroxyl groups is 1. The van der Waals surface area contributed by atoms with Gasteiger partial charge in [0.25, 0.3) is 0 Å². The molecule has 2 aliphatic carbocycles. The summed E-state index contributed by atoms with van der Waals surface area (Å²) in [7, 11) is 0. The summed E-state index contributed by atoms with van der Waals surface area (Å²) in [5.41, 5.74) is 2.16. The first-order valence-corrected chi connectivity index (χ1v) is 10.8. The Morgan fingerprint density at radius 2 is 1.75 bits per heavy atom. The van der Waals surface area contributed by atoms with Crippen LogP contribution in [0.1, 0.15) is 46.0 Å². The van der Waals surface area contributed by atoms with Gasteiger partial charge in [-0.1, -0.05) is 50.2 Å². The van der Waals surface area contributed by atoms with Crippen molar-refractivity contribution in [2.24, 2.45) is 11.8 Å². The Morgan fingerprint density at radius 3 is 2.39 bits per heavy atom. The quantitative estimate of drug-likeness (QED) is 0.664. The summed E-state index contributed by atoms with van der Waals surface area (Å²) in [6, 6.07) is 17.1. The van der Waals surface area contributed by atoms with Crippen molar-refractivity contribution < 1.29 is 5.11 Å². The fourth-order valence-corrected chi connectivity index (χ4v) is 4.61. The number of hydrogen-bond donors (Lipinski definition) is 3. The summed E-state index contributed by atoms with van der Waals surface area (Å²) < 4.78 is 0. The first-order valence-electron chi connectivity index (χ1n) is 10.8. The van der Waals surface area contributed by atoms with Crippen LogP contribution in [0, 0.1) is 11.8 Å². The van der Waals surface area contributed by atoms with Crippen molar-refractivity contribution in [2.75, 3.05) is 11.9 Å². The minimum atomic E-state index is -0.159. The molecule has 2 aliphatic rings. The van der Waals surface area contributed by atoms with Crippen molar-refractivity contribution in [3.8, 4) is 11.3 Å². The summed E-state index contributed by atoms with van der Waals surface area (Å²) in [6.45, 7) is 5.45. The average Bonchev–Trinajstić information content (AvgIpc) is 3.40. The molecule has 1 aromatic heterocycles. The fourth-order valence-electron chi connectivity index (χ4n) is 4.61. The van der Waals surface area contributed by atoms with E-state index in [0.717, 1.165) is 30.0 Å². The molecule has 0 spiro atoms. The van der Waals surface area contributed by atoms with Gasteiger partial charge in [-0.15, -0.1) is 0 Å². The topological polar surface area (TPSA) is 57.2 Å². The SMILES string of the molecule is CC(C)C1(NCC2CCC(Nc3cccc(-c4ccccc4)n3)CC2)CC1O. The number of nitrogens with one attached hydrogen (secondary N) is 2. The largest absolute Gasteiger partial charge is 0.391 e. The van der Waals surface area contributed by atoms with Gasteiger partial charge in [0, 0.05) is 17.1 Å². The summed E-state index contributed by atoms with van der Waals surface area (Å²) in [5, 5.41) is 17.4. The van der Waals surface area contributed by atoms with E-state index in [1.165, 1.54) is 25.7 Å². The van der Waals surface area contributed by atoms with E-state index in [9.17, 15) is 5.11 Å². The van der Waals surface area contributed by atoms with Crippen molar-refractivity contribution in [1.29, 1.82) is 0 Å². The summed E-state index contributed by atoms with van der Waals surface area (Å²) in [5.74, 6) is 2.18. The molecular formula is C24H33N3O. The lowest BCUT2D eigenvalue weighted by Gasteiger charge is -2.32. The number of pyridine rings is 1. The first kappa shape index (κ1) is 19.4. The number of aliphatic hydroxyl groups excluding tert-OH is 1. The zero-order chi connectivity index (χ0) is 19.6. The Bertz CT molecular complexity index is 770. The van der Waals surface area contributed by atoms with Crippen LogP contribution in [0.3, 0.4) is 0 Å². The van der Waals surface area contributed by atoms with Gasteiger partial charge in [0.1, 0.15) is 5.82 Å². The van der Waals surface area contributed by atoms with E-state index in [1.807, 2.05) is 6.07 Å². The van der Waals surface area contributed by atoms with Gasteiger partial charge in [0.05, 0.1) is 11.8 Å². The zero-order valence-corrected chi connectivity index (χ0v) is 17.1. The van der Waals surface area contributed by atoms with Crippen LogP contribution in [-0.4, -0.2) is 34.3 Å². The van der Waals surface area contributed by atoms with E-state index in [1.54, 1.807) is 0 Å². The van der Waals surface area contributed by atoms with Gasteiger partial charge in [-0.05, 0) is 62.6 Å². The van der Waals surface area contributed by atoms with E-state index in [4.69, 9.17) is 4.98 Å². The Hall–Kier alpha value is -1.91. The van der Waals surface area contributed by atoms with Gasteiger partial charge in [-0.2, -0.15) is 0 Å². The Kier molecular flexibility index (Phi) is 5.70. The molecule has 1 heterocycles. The lowest BCUT2D eigenvalue weighted by molar-refractivity contribution is 0.195. The van der Waals surface area contributed by atoms with E-state index in [0.29, 0.717) is 17.9 Å². The van der Waals surface area contributed by atoms with Crippen molar-refractivity contribution in [3.05, 3.63) is 48.5 Å². The van der Waals surface area contributed by atoms with Gasteiger partial charge < -0.3 is 15.7 Å². The lowest BCUT2D eigenvalue weighted by atomic mass is 9.85. The standard InChI is InChI=1S/C24H33N3O/c1-17(2)24(15-22(24)28)25-16-18-11-13-20(14-12-18)26-23-10-6-9-21(27-23)19-7-4-3-5-8-19/h3-10,17-18,20,22,25,28H,11-16H2,1-2H3,(H,26,27). The van der Waals surface area contributed by atoms with Gasteiger partial charge in [0.2, 0.25) is 0 Å². The van der Waals surface area contributed by atoms with E-state index in [-0.39, 0.29) is 11.6 Å². The Labute approximate surface area is 168 Å². The smallest absolute Gasteiger partial charge is 0.126 e. The maximum Gasteiger partial charge on any atom is 0.126 e. The van der Waals surface area contributed by atoms with Crippen LogP contribution in [0.2, 0.25) is 0 Å². The fraction of sp³-hybridized carbons (Fsp3) is 0.542. The number of aromatic nitrogens is 1. The van der Waals surface area contributed by atoms with Gasteiger partial charge in [-0.25, -0.2) is 4.98 Å². The van der Waals surface area contributed by atoms with Crippen LogP contribution in [-0.2, 0) is 0 Å². The van der Waals surface area contributed by atoms with E-state index >= 15 is 0 Å². The van der Waals surface area contributed by atoms with E-state index in [2.05, 4.69) is 66.9 Å². The molecule has 0 amide bonds. The summed E-state index contributed by atoms with van der Waals surface area (Å²) in [4.78, 5) is 4.81. The minimum Gasteiger partial charge on any atom is -0.391 e. The molecule has 0 aliphatic heterocycles. The molecule has 1 aromatic carbocycles. The molecule has 0 radical (unpaired) electrons. The Morgan fingerprint density at radius 1 is 1.04 bits per heavy atom. The maximum absolute atomic E-state index is 10.0. The van der Waals surface area contributed by atoms with Crippen molar-refractivity contribution in [1.82, 2.24) is 10.3 Å². The second kappa shape index (κ2) is 8.22. The molecule has 0 bridgehead atoms. The van der Waals surface area contributed by atoms with Crippen LogP contribution in [0.5, 0.6) is 0 Å². The van der Waals surface area contributed by atoms with Gasteiger partial charge in [-0.3, -0.25) is 0 Å². The number of nitrogens with zero attached hydrogens (tertiary/aromatic N) is 1. The normalized spacial score (nSPS) is 29.6. The van der Waals surface area contributed by atoms with Gasteiger partial charge in [0.15, 0.2) is 0 Å². The predicted molar refractivity (Wildman–Crippen MR) is 115 cm³/mol. The molecule has 4 heteroatoms. The summed E-state index contributed by atoms with van der Waals surface area (Å²) >= 11 is 0. The molecular weight excluding hydrogens is 346 g/mol. The number of anilines is 1. The second-order valence-electron chi connectivity index (χ2n) is 8.93. The lowest BCUT2D eigenvalue weighted by Crippen LogP contribution is -2.43. The van der Waals surface area contributed by atoms with Gasteiger partial charge >= 0.3 is 0 Å². The highest BCUT2D eigenvalue weighted by Gasteiger charge is 2.55. The molecule has 2 unspecified atom stereocenters. The number of benzene rings is 1. The molecule has 28 heavy (non-hydrogen) atoms. The first-order chi connectivity index (χ1) is 13.6. The van der Waals surface area contributed by atoms with Crippen molar-refractivity contribution in [2.45, 2.75) is 63.6 Å². The molecule has 150 valence electrons. The maximum atomic E-state index is 10.0. The third kappa shape index (κ3) is 4.23. The molecule has 2 saturated carbocycles. The van der Waals surface area contributed by atoms with Crippen molar-refractivity contribution >= 4 is 5.82 Å². The van der Waals surface area contributed by atoms with Crippen LogP contribution in [0.4, 0.5) is 5.82 Å². The molecule has 2 fully saturated rings. The number of rotatable bonds is 7. The molecule has 4 rings (SSSR count). The Balaban J connectivity index is 1.27. The van der Waals surface area contributed by atoms with Crippen LogP contribution < -0.4 is 10.6 Å².